The van der Waals surface area contributed by atoms with Crippen molar-refractivity contribution in [2.45, 2.75) is 12.8 Å². The van der Waals surface area contributed by atoms with E-state index in [2.05, 4.69) is 4.90 Å². The fraction of sp³-hybridized carbons (Fsp3) is 0.381. The third kappa shape index (κ3) is 5.41. The molecule has 0 unspecified atom stereocenters. The number of benzene rings is 2. The summed E-state index contributed by atoms with van der Waals surface area (Å²) >= 11 is 0. The van der Waals surface area contributed by atoms with Gasteiger partial charge in [-0.05, 0) is 43.7 Å². The number of carbonyl (C=O) groups excluding carboxylic acids is 1. The molecular weight excluding hydrogens is 314 g/mol. The summed E-state index contributed by atoms with van der Waals surface area (Å²) in [6.07, 6.45) is 2.16. The zero-order chi connectivity index (χ0) is 17.3. The molecule has 3 rings (SSSR count). The largest absolute Gasteiger partial charge is 0.494 e. The first kappa shape index (κ1) is 17.6. The third-order valence-corrected chi connectivity index (χ3v) is 4.39. The summed E-state index contributed by atoms with van der Waals surface area (Å²) in [5, 5.41) is 0. The molecule has 1 aliphatic heterocycles. The summed E-state index contributed by atoms with van der Waals surface area (Å²) < 4.78 is 11.1. The number of rotatable bonds is 8. The summed E-state index contributed by atoms with van der Waals surface area (Å²) in [5.41, 5.74) is 1.39. The topological polar surface area (TPSA) is 38.8 Å². The van der Waals surface area contributed by atoms with Crippen LogP contribution in [-0.4, -0.2) is 50.1 Å². The Morgan fingerprint density at radius 3 is 2.32 bits per heavy atom. The average Bonchev–Trinajstić information content (AvgIpc) is 2.69. The SMILES string of the molecule is O=C(c1ccccc1)c1ccc(OCCCCN2CCOCC2)cc1. The first-order valence-corrected chi connectivity index (χ1v) is 8.96. The van der Waals surface area contributed by atoms with E-state index in [-0.39, 0.29) is 5.78 Å². The minimum Gasteiger partial charge on any atom is -0.494 e. The molecular formula is C21H25NO3. The number of carbonyl (C=O) groups is 1. The molecule has 1 aliphatic rings. The van der Waals surface area contributed by atoms with Crippen LogP contribution >= 0.6 is 0 Å². The number of hydrogen-bond acceptors (Lipinski definition) is 4. The van der Waals surface area contributed by atoms with Gasteiger partial charge in [-0.15, -0.1) is 0 Å². The monoisotopic (exact) mass is 339 g/mol. The number of nitrogens with zero attached hydrogens (tertiary/aromatic N) is 1. The second-order valence-electron chi connectivity index (χ2n) is 6.23. The van der Waals surface area contributed by atoms with Gasteiger partial charge in [0.25, 0.3) is 0 Å². The number of ether oxygens (including phenoxy) is 2. The maximum Gasteiger partial charge on any atom is 0.193 e. The molecule has 2 aromatic rings. The van der Waals surface area contributed by atoms with Gasteiger partial charge in [-0.2, -0.15) is 0 Å². The Kier molecular flexibility index (Phi) is 6.60. The Morgan fingerprint density at radius 2 is 1.60 bits per heavy atom. The van der Waals surface area contributed by atoms with E-state index in [0.717, 1.165) is 51.4 Å². The summed E-state index contributed by atoms with van der Waals surface area (Å²) in [5.74, 6) is 0.855. The van der Waals surface area contributed by atoms with Crippen molar-refractivity contribution in [2.75, 3.05) is 39.5 Å². The van der Waals surface area contributed by atoms with Crippen molar-refractivity contribution in [2.24, 2.45) is 0 Å². The smallest absolute Gasteiger partial charge is 0.193 e. The van der Waals surface area contributed by atoms with Crippen molar-refractivity contribution in [3.05, 3.63) is 65.7 Å². The molecule has 25 heavy (non-hydrogen) atoms. The van der Waals surface area contributed by atoms with Crippen molar-refractivity contribution >= 4 is 5.78 Å². The van der Waals surface area contributed by atoms with Gasteiger partial charge in [0.15, 0.2) is 5.78 Å². The van der Waals surface area contributed by atoms with E-state index in [1.165, 1.54) is 0 Å². The van der Waals surface area contributed by atoms with Crippen LogP contribution in [0.25, 0.3) is 0 Å². The summed E-state index contributed by atoms with van der Waals surface area (Å²) in [6.45, 7) is 5.60. The molecule has 1 saturated heterocycles. The lowest BCUT2D eigenvalue weighted by Gasteiger charge is -2.26. The van der Waals surface area contributed by atoms with Crippen LogP contribution in [0.1, 0.15) is 28.8 Å². The zero-order valence-electron chi connectivity index (χ0n) is 14.5. The van der Waals surface area contributed by atoms with Gasteiger partial charge in [-0.1, -0.05) is 30.3 Å². The van der Waals surface area contributed by atoms with Crippen LogP contribution in [0, 0.1) is 0 Å². The first-order valence-electron chi connectivity index (χ1n) is 8.96. The first-order chi connectivity index (χ1) is 12.3. The highest BCUT2D eigenvalue weighted by atomic mass is 16.5. The van der Waals surface area contributed by atoms with Crippen LogP contribution in [0.4, 0.5) is 0 Å². The third-order valence-electron chi connectivity index (χ3n) is 4.39. The molecule has 0 aromatic heterocycles. The summed E-state index contributed by atoms with van der Waals surface area (Å²) in [7, 11) is 0. The van der Waals surface area contributed by atoms with Gasteiger partial charge in [0, 0.05) is 24.2 Å². The molecule has 0 atom stereocenters. The highest BCUT2D eigenvalue weighted by Gasteiger charge is 2.10. The molecule has 0 saturated carbocycles. The van der Waals surface area contributed by atoms with Crippen LogP contribution in [0.2, 0.25) is 0 Å². The Bertz CT molecular complexity index is 649. The molecule has 2 aromatic carbocycles. The zero-order valence-corrected chi connectivity index (χ0v) is 14.5. The highest BCUT2D eigenvalue weighted by molar-refractivity contribution is 6.08. The Labute approximate surface area is 149 Å². The van der Waals surface area contributed by atoms with Gasteiger partial charge in [0.05, 0.1) is 19.8 Å². The van der Waals surface area contributed by atoms with E-state index in [1.807, 2.05) is 54.6 Å². The molecule has 0 radical (unpaired) electrons. The van der Waals surface area contributed by atoms with Crippen molar-refractivity contribution in [1.82, 2.24) is 4.90 Å². The fourth-order valence-corrected chi connectivity index (χ4v) is 2.91. The molecule has 4 heteroatoms. The lowest BCUT2D eigenvalue weighted by atomic mass is 10.0. The second-order valence-corrected chi connectivity index (χ2v) is 6.23. The van der Waals surface area contributed by atoms with Crippen LogP contribution in [-0.2, 0) is 4.74 Å². The number of morpholine rings is 1. The second kappa shape index (κ2) is 9.35. The van der Waals surface area contributed by atoms with Crippen LogP contribution in [0.3, 0.4) is 0 Å². The van der Waals surface area contributed by atoms with Crippen molar-refractivity contribution in [1.29, 1.82) is 0 Å². The molecule has 0 aliphatic carbocycles. The van der Waals surface area contributed by atoms with E-state index in [4.69, 9.17) is 9.47 Å². The van der Waals surface area contributed by atoms with Crippen LogP contribution in [0.15, 0.2) is 54.6 Å². The van der Waals surface area contributed by atoms with E-state index >= 15 is 0 Å². The Morgan fingerprint density at radius 1 is 0.920 bits per heavy atom. The van der Waals surface area contributed by atoms with E-state index in [1.54, 1.807) is 0 Å². The minimum absolute atomic E-state index is 0.0395. The molecule has 132 valence electrons. The lowest BCUT2D eigenvalue weighted by Crippen LogP contribution is -2.36. The Balaban J connectivity index is 1.39. The molecule has 1 heterocycles. The molecule has 1 fully saturated rings. The lowest BCUT2D eigenvalue weighted by molar-refractivity contribution is 0.0368. The summed E-state index contributed by atoms with van der Waals surface area (Å²) in [4.78, 5) is 14.8. The van der Waals surface area contributed by atoms with Crippen molar-refractivity contribution < 1.29 is 14.3 Å². The quantitative estimate of drug-likeness (QED) is 0.546. The number of hydrogen-bond donors (Lipinski definition) is 0. The van der Waals surface area contributed by atoms with Crippen molar-refractivity contribution in [3.8, 4) is 5.75 Å². The fourth-order valence-electron chi connectivity index (χ4n) is 2.91. The number of ketones is 1. The van der Waals surface area contributed by atoms with Gasteiger partial charge < -0.3 is 9.47 Å². The van der Waals surface area contributed by atoms with E-state index in [0.29, 0.717) is 17.7 Å². The molecule has 4 nitrogen and oxygen atoms in total. The summed E-state index contributed by atoms with van der Waals surface area (Å²) in [6, 6.07) is 16.7. The van der Waals surface area contributed by atoms with Crippen LogP contribution < -0.4 is 4.74 Å². The molecule has 0 N–H and O–H groups in total. The normalized spacial score (nSPS) is 15.0. The molecule has 0 bridgehead atoms. The van der Waals surface area contributed by atoms with Gasteiger partial charge in [0.2, 0.25) is 0 Å². The van der Waals surface area contributed by atoms with Crippen LogP contribution in [0.5, 0.6) is 5.75 Å². The van der Waals surface area contributed by atoms with Gasteiger partial charge in [-0.3, -0.25) is 9.69 Å². The van der Waals surface area contributed by atoms with E-state index < -0.39 is 0 Å². The van der Waals surface area contributed by atoms with Gasteiger partial charge in [0.1, 0.15) is 5.75 Å². The minimum atomic E-state index is 0.0395. The standard InChI is InChI=1S/C21H25NO3/c23-21(18-6-2-1-3-7-18)19-8-10-20(11-9-19)25-15-5-4-12-22-13-16-24-17-14-22/h1-3,6-11H,4-5,12-17H2. The molecule has 0 amide bonds. The van der Waals surface area contributed by atoms with Gasteiger partial charge >= 0.3 is 0 Å². The van der Waals surface area contributed by atoms with Crippen molar-refractivity contribution in [3.63, 3.8) is 0 Å². The predicted octanol–water partition coefficient (Wildman–Crippen LogP) is 3.41. The maximum atomic E-state index is 12.4. The average molecular weight is 339 g/mol. The van der Waals surface area contributed by atoms with Gasteiger partial charge in [-0.25, -0.2) is 0 Å². The van der Waals surface area contributed by atoms with E-state index in [9.17, 15) is 4.79 Å². The maximum absolute atomic E-state index is 12.4. The highest BCUT2D eigenvalue weighted by Crippen LogP contribution is 2.16. The number of unbranched alkanes of at least 4 members (excludes halogenated alkanes) is 1. The predicted molar refractivity (Wildman–Crippen MR) is 98.3 cm³/mol. The molecule has 0 spiro atoms. The Hall–Kier alpha value is -2.17.